The molecule has 1 saturated carbocycles. The van der Waals surface area contributed by atoms with Gasteiger partial charge in [0.15, 0.2) is 0 Å². The molecule has 0 spiro atoms. The quantitative estimate of drug-likeness (QED) is 0.695. The number of carboxylic acids is 1. The van der Waals surface area contributed by atoms with Crippen LogP contribution in [0.1, 0.15) is 25.7 Å². The lowest BCUT2D eigenvalue weighted by atomic mass is 9.73. The standard InChI is InChI=1S/C12H16O2/c1-2-3-10(11(13)14)12-6-4-9(8-12)5-7-12/h2,4,6,9-10H,1,3,5,7-8H2,(H,13,14). The molecule has 2 bridgehead atoms. The molecule has 0 amide bonds. The predicted octanol–water partition coefficient (Wildman–Crippen LogP) is 2.62. The number of allylic oxidation sites excluding steroid dienone is 3. The number of hydrogen-bond donors (Lipinski definition) is 1. The maximum atomic E-state index is 11.2. The first-order chi connectivity index (χ1) is 6.68. The van der Waals surface area contributed by atoms with Crippen molar-refractivity contribution in [2.75, 3.05) is 0 Å². The van der Waals surface area contributed by atoms with E-state index < -0.39 is 5.97 Å². The minimum atomic E-state index is -0.669. The van der Waals surface area contributed by atoms with Crippen molar-refractivity contribution in [1.29, 1.82) is 0 Å². The van der Waals surface area contributed by atoms with Gasteiger partial charge in [-0.2, -0.15) is 0 Å². The first-order valence-electron chi connectivity index (χ1n) is 5.21. The van der Waals surface area contributed by atoms with Crippen LogP contribution < -0.4 is 0 Å². The molecule has 0 aliphatic heterocycles. The Morgan fingerprint density at radius 1 is 1.79 bits per heavy atom. The Balaban J connectivity index is 2.22. The summed E-state index contributed by atoms with van der Waals surface area (Å²) in [6, 6.07) is 0. The van der Waals surface area contributed by atoms with Crippen molar-refractivity contribution < 1.29 is 9.90 Å². The van der Waals surface area contributed by atoms with Crippen LogP contribution in [0.15, 0.2) is 24.8 Å². The molecule has 3 unspecified atom stereocenters. The number of fused-ring (bicyclic) bond motifs is 2. The summed E-state index contributed by atoms with van der Waals surface area (Å²) < 4.78 is 0. The van der Waals surface area contributed by atoms with E-state index in [9.17, 15) is 9.90 Å². The third-order valence-electron chi connectivity index (χ3n) is 3.72. The number of rotatable bonds is 4. The summed E-state index contributed by atoms with van der Waals surface area (Å²) in [4.78, 5) is 11.2. The van der Waals surface area contributed by atoms with Crippen LogP contribution in [0.3, 0.4) is 0 Å². The summed E-state index contributed by atoms with van der Waals surface area (Å²) in [5.41, 5.74) is -0.0509. The van der Waals surface area contributed by atoms with Crippen LogP contribution in [-0.4, -0.2) is 11.1 Å². The Morgan fingerprint density at radius 2 is 2.57 bits per heavy atom. The lowest BCUT2D eigenvalue weighted by Crippen LogP contribution is -2.31. The highest BCUT2D eigenvalue weighted by Gasteiger charge is 2.48. The van der Waals surface area contributed by atoms with Gasteiger partial charge in [0.2, 0.25) is 0 Å². The number of carbonyl (C=O) groups is 1. The first-order valence-corrected chi connectivity index (χ1v) is 5.21. The van der Waals surface area contributed by atoms with Crippen molar-refractivity contribution in [3.05, 3.63) is 24.8 Å². The number of hydrogen-bond acceptors (Lipinski definition) is 1. The molecule has 1 N–H and O–H groups in total. The molecule has 0 aromatic rings. The van der Waals surface area contributed by atoms with E-state index in [1.807, 2.05) is 0 Å². The zero-order valence-electron chi connectivity index (χ0n) is 8.28. The lowest BCUT2D eigenvalue weighted by Gasteiger charge is -2.30. The van der Waals surface area contributed by atoms with Gasteiger partial charge in [0.05, 0.1) is 5.92 Å². The fraction of sp³-hybridized carbons (Fsp3) is 0.583. The summed E-state index contributed by atoms with van der Waals surface area (Å²) in [5.74, 6) is -0.289. The second-order valence-corrected chi connectivity index (χ2v) is 4.51. The van der Waals surface area contributed by atoms with Gasteiger partial charge in [-0.1, -0.05) is 18.2 Å². The van der Waals surface area contributed by atoms with Crippen LogP contribution in [0.4, 0.5) is 0 Å². The number of aliphatic carboxylic acids is 1. The molecule has 0 heterocycles. The van der Waals surface area contributed by atoms with Crippen molar-refractivity contribution in [3.8, 4) is 0 Å². The lowest BCUT2D eigenvalue weighted by molar-refractivity contribution is -0.145. The number of carboxylic acid groups (broad SMARTS) is 1. The van der Waals surface area contributed by atoms with E-state index >= 15 is 0 Å². The predicted molar refractivity (Wildman–Crippen MR) is 54.9 cm³/mol. The molecule has 1 fully saturated rings. The van der Waals surface area contributed by atoms with E-state index in [4.69, 9.17) is 0 Å². The summed E-state index contributed by atoms with van der Waals surface area (Å²) in [6.07, 6.45) is 9.90. The van der Waals surface area contributed by atoms with Crippen molar-refractivity contribution in [2.45, 2.75) is 25.7 Å². The average molecular weight is 192 g/mol. The van der Waals surface area contributed by atoms with Gasteiger partial charge in [0.25, 0.3) is 0 Å². The zero-order chi connectivity index (χ0) is 10.2. The molecule has 3 atom stereocenters. The van der Waals surface area contributed by atoms with E-state index in [0.29, 0.717) is 12.3 Å². The second-order valence-electron chi connectivity index (χ2n) is 4.51. The Bertz CT molecular complexity index is 293. The van der Waals surface area contributed by atoms with Crippen LogP contribution in [0, 0.1) is 17.3 Å². The topological polar surface area (TPSA) is 37.3 Å². The van der Waals surface area contributed by atoms with Gasteiger partial charge in [0, 0.05) is 5.41 Å². The molecular weight excluding hydrogens is 176 g/mol. The minimum Gasteiger partial charge on any atom is -0.481 e. The molecule has 2 aliphatic rings. The van der Waals surface area contributed by atoms with Crippen LogP contribution in [-0.2, 0) is 4.79 Å². The molecule has 2 nitrogen and oxygen atoms in total. The molecule has 2 rings (SSSR count). The molecule has 0 saturated heterocycles. The molecule has 2 aliphatic carbocycles. The maximum Gasteiger partial charge on any atom is 0.307 e. The van der Waals surface area contributed by atoms with Crippen LogP contribution in [0.2, 0.25) is 0 Å². The van der Waals surface area contributed by atoms with Gasteiger partial charge in [0.1, 0.15) is 0 Å². The summed E-state index contributed by atoms with van der Waals surface area (Å²) in [6.45, 7) is 3.65. The first kappa shape index (κ1) is 9.50. The third-order valence-corrected chi connectivity index (χ3v) is 3.72. The summed E-state index contributed by atoms with van der Waals surface area (Å²) in [7, 11) is 0. The van der Waals surface area contributed by atoms with Gasteiger partial charge < -0.3 is 5.11 Å². The molecular formula is C12H16O2. The van der Waals surface area contributed by atoms with E-state index in [0.717, 1.165) is 19.3 Å². The zero-order valence-corrected chi connectivity index (χ0v) is 8.28. The fourth-order valence-electron chi connectivity index (χ4n) is 2.97. The van der Waals surface area contributed by atoms with E-state index in [1.165, 1.54) is 0 Å². The smallest absolute Gasteiger partial charge is 0.307 e. The Morgan fingerprint density at radius 3 is 2.93 bits per heavy atom. The van der Waals surface area contributed by atoms with Gasteiger partial charge in [-0.05, 0) is 31.6 Å². The Hall–Kier alpha value is -1.05. The van der Waals surface area contributed by atoms with E-state index in [1.54, 1.807) is 6.08 Å². The van der Waals surface area contributed by atoms with Crippen molar-refractivity contribution >= 4 is 5.97 Å². The summed E-state index contributed by atoms with van der Waals surface area (Å²) >= 11 is 0. The molecule has 0 aromatic heterocycles. The second kappa shape index (κ2) is 3.26. The highest BCUT2D eigenvalue weighted by molar-refractivity contribution is 5.72. The average Bonchev–Trinajstić information content (AvgIpc) is 2.73. The fourth-order valence-corrected chi connectivity index (χ4v) is 2.97. The maximum absolute atomic E-state index is 11.2. The van der Waals surface area contributed by atoms with E-state index in [2.05, 4.69) is 18.7 Å². The van der Waals surface area contributed by atoms with Gasteiger partial charge in [-0.25, -0.2) is 0 Å². The Kier molecular flexibility index (Phi) is 2.22. The van der Waals surface area contributed by atoms with Crippen molar-refractivity contribution in [3.63, 3.8) is 0 Å². The third kappa shape index (κ3) is 1.29. The summed E-state index contributed by atoms with van der Waals surface area (Å²) in [5, 5.41) is 9.20. The molecule has 0 radical (unpaired) electrons. The molecule has 2 heteroatoms. The highest BCUT2D eigenvalue weighted by atomic mass is 16.4. The monoisotopic (exact) mass is 192 g/mol. The van der Waals surface area contributed by atoms with Gasteiger partial charge >= 0.3 is 5.97 Å². The van der Waals surface area contributed by atoms with Gasteiger partial charge in [-0.3, -0.25) is 4.79 Å². The Labute approximate surface area is 84.3 Å². The van der Waals surface area contributed by atoms with Crippen LogP contribution in [0.25, 0.3) is 0 Å². The van der Waals surface area contributed by atoms with Crippen molar-refractivity contribution in [1.82, 2.24) is 0 Å². The van der Waals surface area contributed by atoms with Crippen molar-refractivity contribution in [2.24, 2.45) is 17.3 Å². The molecule has 14 heavy (non-hydrogen) atoms. The normalized spacial score (nSPS) is 35.9. The van der Waals surface area contributed by atoms with Gasteiger partial charge in [-0.15, -0.1) is 6.58 Å². The molecule has 0 aromatic carbocycles. The van der Waals surface area contributed by atoms with E-state index in [-0.39, 0.29) is 11.3 Å². The minimum absolute atomic E-state index is 0.0509. The molecule has 76 valence electrons. The SMILES string of the molecule is C=CCC(C(=O)O)C12C=CC(CC1)C2. The van der Waals surface area contributed by atoms with Crippen LogP contribution in [0.5, 0.6) is 0 Å². The largest absolute Gasteiger partial charge is 0.481 e. The van der Waals surface area contributed by atoms with Crippen LogP contribution >= 0.6 is 0 Å². The highest BCUT2D eigenvalue weighted by Crippen LogP contribution is 2.54.